The molecule has 0 aliphatic carbocycles. The number of nitrogens with zero attached hydrogens (tertiary/aromatic N) is 1. The number of nitrogens with one attached hydrogen (secondary N) is 1. The van der Waals surface area contributed by atoms with E-state index in [1.54, 1.807) is 43.1 Å². The number of thioether (sulfide) groups is 1. The van der Waals surface area contributed by atoms with E-state index in [1.807, 2.05) is 24.3 Å². The van der Waals surface area contributed by atoms with E-state index in [4.69, 9.17) is 4.74 Å². The Morgan fingerprint density at radius 2 is 1.71 bits per heavy atom. The summed E-state index contributed by atoms with van der Waals surface area (Å²) in [5.74, 6) is 1.35. The second kappa shape index (κ2) is 9.45. The Morgan fingerprint density at radius 3 is 2.32 bits per heavy atom. The molecule has 0 atom stereocenters. The maximum absolute atomic E-state index is 12.5. The average Bonchev–Trinajstić information content (AvgIpc) is 3.25. The third-order valence-electron chi connectivity index (χ3n) is 4.50. The lowest BCUT2D eigenvalue weighted by atomic mass is 10.3. The highest BCUT2D eigenvalue weighted by Crippen LogP contribution is 2.23. The molecule has 0 bridgehead atoms. The normalized spacial score (nSPS) is 14.8. The number of hydrogen-bond donors (Lipinski definition) is 1. The number of sulfonamides is 1. The summed E-state index contributed by atoms with van der Waals surface area (Å²) in [7, 11) is -1.80. The Morgan fingerprint density at radius 1 is 1.07 bits per heavy atom. The van der Waals surface area contributed by atoms with Crippen LogP contribution in [-0.4, -0.2) is 44.6 Å². The third-order valence-corrected chi connectivity index (χ3v) is 7.42. The molecule has 2 aromatic rings. The Hall–Kier alpha value is -2.03. The Bertz CT molecular complexity index is 891. The first-order chi connectivity index (χ1) is 13.5. The Balaban J connectivity index is 1.48. The fraction of sp³-hybridized carbons (Fsp3) is 0.350. The molecule has 8 heteroatoms. The number of carbonyl (C=O) groups excluding carboxylic acids is 1. The fourth-order valence-corrected chi connectivity index (χ4v) is 5.31. The summed E-state index contributed by atoms with van der Waals surface area (Å²) in [4.78, 5) is 13.5. The maximum Gasteiger partial charge on any atom is 0.243 e. The predicted molar refractivity (Wildman–Crippen MR) is 111 cm³/mol. The minimum absolute atomic E-state index is 0.101. The van der Waals surface area contributed by atoms with Crippen molar-refractivity contribution in [2.24, 2.45) is 0 Å². The van der Waals surface area contributed by atoms with Crippen LogP contribution in [0.4, 0.5) is 5.69 Å². The topological polar surface area (TPSA) is 75.7 Å². The molecule has 3 rings (SSSR count). The number of hydrogen-bond acceptors (Lipinski definition) is 5. The van der Waals surface area contributed by atoms with Gasteiger partial charge in [0.15, 0.2) is 0 Å². The van der Waals surface area contributed by atoms with Crippen LogP contribution in [0.25, 0.3) is 0 Å². The van der Waals surface area contributed by atoms with E-state index in [9.17, 15) is 13.2 Å². The van der Waals surface area contributed by atoms with E-state index in [2.05, 4.69) is 5.32 Å². The monoisotopic (exact) mass is 420 g/mol. The van der Waals surface area contributed by atoms with Crippen LogP contribution in [0.5, 0.6) is 5.75 Å². The molecule has 0 saturated carbocycles. The van der Waals surface area contributed by atoms with Gasteiger partial charge < -0.3 is 10.1 Å². The maximum atomic E-state index is 12.5. The van der Waals surface area contributed by atoms with E-state index in [1.165, 1.54) is 4.31 Å². The fourth-order valence-electron chi connectivity index (χ4n) is 2.94. The van der Waals surface area contributed by atoms with Crippen molar-refractivity contribution in [3.05, 3.63) is 48.5 Å². The summed E-state index contributed by atoms with van der Waals surface area (Å²) in [5.41, 5.74) is 0.597. The van der Waals surface area contributed by atoms with Crippen LogP contribution in [0.1, 0.15) is 19.3 Å². The van der Waals surface area contributed by atoms with Gasteiger partial charge in [-0.3, -0.25) is 4.79 Å². The summed E-state index contributed by atoms with van der Waals surface area (Å²) in [6.45, 7) is 1.15. The average molecular weight is 421 g/mol. The van der Waals surface area contributed by atoms with Gasteiger partial charge in [0.2, 0.25) is 15.9 Å². The number of ether oxygens (including phenoxy) is 1. The SMILES string of the molecule is COc1ccc(SCCC(=O)Nc2ccc(S(=O)(=O)N3CCCC3)cc2)cc1. The van der Waals surface area contributed by atoms with Gasteiger partial charge in [0.1, 0.15) is 5.75 Å². The van der Waals surface area contributed by atoms with Gasteiger partial charge in [-0.1, -0.05) is 0 Å². The molecule has 28 heavy (non-hydrogen) atoms. The van der Waals surface area contributed by atoms with Crippen molar-refractivity contribution in [1.29, 1.82) is 0 Å². The van der Waals surface area contributed by atoms with Crippen LogP contribution in [0, 0.1) is 0 Å². The highest BCUT2D eigenvalue weighted by molar-refractivity contribution is 7.99. The standard InChI is InChI=1S/C20H24N2O4S2/c1-26-17-6-8-18(9-7-17)27-15-12-20(23)21-16-4-10-19(11-5-16)28(24,25)22-13-2-3-14-22/h4-11H,2-3,12-15H2,1H3,(H,21,23). The summed E-state index contributed by atoms with van der Waals surface area (Å²) >= 11 is 1.60. The first-order valence-corrected chi connectivity index (χ1v) is 11.6. The van der Waals surface area contributed by atoms with Gasteiger partial charge in [-0.25, -0.2) is 8.42 Å². The van der Waals surface area contributed by atoms with E-state index in [0.717, 1.165) is 23.5 Å². The van der Waals surface area contributed by atoms with Crippen LogP contribution in [-0.2, 0) is 14.8 Å². The summed E-state index contributed by atoms with van der Waals surface area (Å²) < 4.78 is 31.7. The van der Waals surface area contributed by atoms with Crippen molar-refractivity contribution in [1.82, 2.24) is 4.31 Å². The van der Waals surface area contributed by atoms with Crippen molar-refractivity contribution in [2.45, 2.75) is 29.1 Å². The van der Waals surface area contributed by atoms with Crippen LogP contribution in [0.2, 0.25) is 0 Å². The molecule has 1 saturated heterocycles. The van der Waals surface area contributed by atoms with Gasteiger partial charge in [0.05, 0.1) is 12.0 Å². The van der Waals surface area contributed by atoms with Crippen molar-refractivity contribution in [2.75, 3.05) is 31.3 Å². The quantitative estimate of drug-likeness (QED) is 0.661. The molecule has 1 N–H and O–H groups in total. The summed E-state index contributed by atoms with van der Waals surface area (Å²) in [5, 5.41) is 2.81. The molecule has 1 amide bonds. The minimum Gasteiger partial charge on any atom is -0.497 e. The number of anilines is 1. The zero-order chi connectivity index (χ0) is 20.0. The van der Waals surface area contributed by atoms with Gasteiger partial charge in [0, 0.05) is 35.8 Å². The molecule has 0 unspecified atom stereocenters. The first kappa shape index (κ1) is 20.7. The molecule has 0 radical (unpaired) electrons. The van der Waals surface area contributed by atoms with E-state index in [0.29, 0.717) is 31.0 Å². The van der Waals surface area contributed by atoms with E-state index >= 15 is 0 Å². The van der Waals surface area contributed by atoms with Crippen molar-refractivity contribution < 1.29 is 17.9 Å². The number of carbonyl (C=O) groups is 1. The van der Waals surface area contributed by atoms with Crippen LogP contribution < -0.4 is 10.1 Å². The second-order valence-corrected chi connectivity index (χ2v) is 9.56. The molecular weight excluding hydrogens is 396 g/mol. The number of methoxy groups -OCH3 is 1. The molecule has 1 heterocycles. The lowest BCUT2D eigenvalue weighted by Gasteiger charge is -2.15. The zero-order valence-electron chi connectivity index (χ0n) is 15.8. The number of rotatable bonds is 8. The van der Waals surface area contributed by atoms with Crippen LogP contribution in [0.15, 0.2) is 58.3 Å². The summed E-state index contributed by atoms with van der Waals surface area (Å²) in [6, 6.07) is 14.1. The highest BCUT2D eigenvalue weighted by Gasteiger charge is 2.26. The van der Waals surface area contributed by atoms with Gasteiger partial charge in [-0.05, 0) is 61.4 Å². The van der Waals surface area contributed by atoms with Crippen LogP contribution in [0.3, 0.4) is 0 Å². The molecule has 1 aliphatic rings. The molecule has 150 valence electrons. The number of amides is 1. The summed E-state index contributed by atoms with van der Waals surface area (Å²) in [6.07, 6.45) is 2.17. The molecule has 1 aliphatic heterocycles. The largest absolute Gasteiger partial charge is 0.497 e. The van der Waals surface area contributed by atoms with Crippen molar-refractivity contribution >= 4 is 33.4 Å². The molecule has 0 aromatic heterocycles. The second-order valence-electron chi connectivity index (χ2n) is 6.46. The number of benzene rings is 2. The molecule has 1 fully saturated rings. The van der Waals surface area contributed by atoms with Gasteiger partial charge in [0.25, 0.3) is 0 Å². The van der Waals surface area contributed by atoms with Gasteiger partial charge >= 0.3 is 0 Å². The van der Waals surface area contributed by atoms with Gasteiger partial charge in [-0.15, -0.1) is 11.8 Å². The van der Waals surface area contributed by atoms with Crippen molar-refractivity contribution in [3.8, 4) is 5.75 Å². The molecule has 2 aromatic carbocycles. The predicted octanol–water partition coefficient (Wildman–Crippen LogP) is 3.60. The minimum atomic E-state index is -3.43. The molecule has 0 spiro atoms. The van der Waals surface area contributed by atoms with Gasteiger partial charge in [-0.2, -0.15) is 4.31 Å². The van der Waals surface area contributed by atoms with E-state index < -0.39 is 10.0 Å². The Labute approximate surface area is 170 Å². The zero-order valence-corrected chi connectivity index (χ0v) is 17.4. The molecule has 6 nitrogen and oxygen atoms in total. The van der Waals surface area contributed by atoms with Crippen LogP contribution >= 0.6 is 11.8 Å². The van der Waals surface area contributed by atoms with Crippen molar-refractivity contribution in [3.63, 3.8) is 0 Å². The third kappa shape index (κ3) is 5.27. The highest BCUT2D eigenvalue weighted by atomic mass is 32.2. The smallest absolute Gasteiger partial charge is 0.243 e. The Kier molecular flexibility index (Phi) is 6.98. The lowest BCUT2D eigenvalue weighted by molar-refractivity contribution is -0.115. The first-order valence-electron chi connectivity index (χ1n) is 9.16. The molecular formula is C20H24N2O4S2. The van der Waals surface area contributed by atoms with E-state index in [-0.39, 0.29) is 10.8 Å². The lowest BCUT2D eigenvalue weighted by Crippen LogP contribution is -2.27.